The fourth-order valence-corrected chi connectivity index (χ4v) is 2.57. The molecule has 1 atom stereocenters. The van der Waals surface area contributed by atoms with E-state index in [0.717, 1.165) is 23.8 Å². The molecule has 0 N–H and O–H groups in total. The average Bonchev–Trinajstić information content (AvgIpc) is 2.54. The van der Waals surface area contributed by atoms with Crippen LogP contribution in [0.5, 0.6) is 17.2 Å². The number of hydrogen-bond acceptors (Lipinski definition) is 7. The minimum Gasteiger partial charge on any atom is -0.450 e. The lowest BCUT2D eigenvalue weighted by Gasteiger charge is -2.21. The summed E-state index contributed by atoms with van der Waals surface area (Å²) in [6, 6.07) is 7.88. The minimum atomic E-state index is -0.761. The molecule has 1 unspecified atom stereocenters. The zero-order valence-corrected chi connectivity index (χ0v) is 13.0. The Balaban J connectivity index is 1.95. The first-order chi connectivity index (χ1) is 11.8. The molecule has 1 aliphatic heterocycles. The fraction of sp³-hybridized carbons (Fsp3) is 0.188. The van der Waals surface area contributed by atoms with Gasteiger partial charge in [0.25, 0.3) is 5.69 Å². The van der Waals surface area contributed by atoms with Crippen molar-refractivity contribution in [3.05, 3.63) is 62.2 Å². The van der Waals surface area contributed by atoms with Crippen LogP contribution < -0.4 is 9.47 Å². The lowest BCUT2D eigenvalue weighted by Crippen LogP contribution is -2.18. The third-order valence-corrected chi connectivity index (χ3v) is 3.79. The summed E-state index contributed by atoms with van der Waals surface area (Å²) in [6.45, 7) is 1.89. The Morgan fingerprint density at radius 1 is 1.12 bits per heavy atom. The van der Waals surface area contributed by atoms with Crippen LogP contribution in [0.1, 0.15) is 24.8 Å². The van der Waals surface area contributed by atoms with Crippen LogP contribution in [-0.4, -0.2) is 15.8 Å². The van der Waals surface area contributed by atoms with Gasteiger partial charge in [0.1, 0.15) is 11.5 Å². The number of nitro benzene ring substituents is 2. The van der Waals surface area contributed by atoms with Gasteiger partial charge in [-0.15, -0.1) is 0 Å². The molecule has 0 amide bonds. The molecule has 9 nitrogen and oxygen atoms in total. The Kier molecular flexibility index (Phi) is 4.05. The van der Waals surface area contributed by atoms with E-state index >= 15 is 0 Å². The third-order valence-electron chi connectivity index (χ3n) is 3.79. The monoisotopic (exact) mass is 344 g/mol. The number of nitro groups is 2. The summed E-state index contributed by atoms with van der Waals surface area (Å²) in [5.41, 5.74) is -0.102. The van der Waals surface area contributed by atoms with E-state index in [1.54, 1.807) is 12.1 Å². The summed E-state index contributed by atoms with van der Waals surface area (Å²) in [5, 5.41) is 21.9. The van der Waals surface area contributed by atoms with Crippen LogP contribution in [0.25, 0.3) is 0 Å². The van der Waals surface area contributed by atoms with Crippen LogP contribution in [0.3, 0.4) is 0 Å². The van der Waals surface area contributed by atoms with Crippen LogP contribution >= 0.6 is 0 Å². The van der Waals surface area contributed by atoms with Gasteiger partial charge in [-0.05, 0) is 23.6 Å². The maximum atomic E-state index is 11.5. The number of esters is 1. The van der Waals surface area contributed by atoms with E-state index in [0.29, 0.717) is 5.75 Å². The molecule has 0 saturated carbocycles. The minimum absolute atomic E-state index is 0.000916. The van der Waals surface area contributed by atoms with Gasteiger partial charge in [-0.1, -0.05) is 13.0 Å². The molecule has 0 saturated heterocycles. The zero-order valence-electron chi connectivity index (χ0n) is 13.0. The lowest BCUT2D eigenvalue weighted by molar-refractivity contribution is -0.394. The number of carbonyl (C=O) groups is 1. The summed E-state index contributed by atoms with van der Waals surface area (Å²) in [4.78, 5) is 31.9. The second-order valence-corrected chi connectivity index (χ2v) is 5.55. The number of ether oxygens (including phenoxy) is 2. The summed E-state index contributed by atoms with van der Waals surface area (Å²) >= 11 is 0. The van der Waals surface area contributed by atoms with E-state index in [9.17, 15) is 25.0 Å². The van der Waals surface area contributed by atoms with Crippen molar-refractivity contribution in [2.24, 2.45) is 0 Å². The molecule has 25 heavy (non-hydrogen) atoms. The Labute approximate surface area is 141 Å². The molecule has 2 aromatic rings. The van der Waals surface area contributed by atoms with Gasteiger partial charge in [-0.3, -0.25) is 25.0 Å². The second-order valence-electron chi connectivity index (χ2n) is 5.55. The molecule has 9 heteroatoms. The van der Waals surface area contributed by atoms with Gasteiger partial charge in [0.05, 0.1) is 22.3 Å². The number of carbonyl (C=O) groups excluding carboxylic acids is 1. The summed E-state index contributed by atoms with van der Waals surface area (Å²) in [5.74, 6) is 0.0478. The fourth-order valence-electron chi connectivity index (χ4n) is 2.57. The SMILES string of the molecule is CC1CC(=O)Oc2cc(Oc3ccc([N+](=O)[O-])cc3[N+](=O)[O-])ccc21. The van der Waals surface area contributed by atoms with E-state index in [-0.39, 0.29) is 29.8 Å². The zero-order chi connectivity index (χ0) is 18.1. The molecule has 0 bridgehead atoms. The number of benzene rings is 2. The van der Waals surface area contributed by atoms with Crippen LogP contribution in [0.2, 0.25) is 0 Å². The van der Waals surface area contributed by atoms with Crippen molar-refractivity contribution in [3.63, 3.8) is 0 Å². The highest BCUT2D eigenvalue weighted by atomic mass is 16.6. The number of fused-ring (bicyclic) bond motifs is 1. The van der Waals surface area contributed by atoms with Crippen LogP contribution in [0.4, 0.5) is 11.4 Å². The molecule has 1 aliphatic rings. The van der Waals surface area contributed by atoms with Crippen LogP contribution in [0, 0.1) is 20.2 Å². The normalized spacial score (nSPS) is 15.9. The van der Waals surface area contributed by atoms with E-state index in [4.69, 9.17) is 9.47 Å². The van der Waals surface area contributed by atoms with E-state index in [1.165, 1.54) is 6.07 Å². The Morgan fingerprint density at radius 3 is 2.56 bits per heavy atom. The maximum Gasteiger partial charge on any atom is 0.318 e. The molecular weight excluding hydrogens is 332 g/mol. The van der Waals surface area contributed by atoms with Gasteiger partial charge in [0.2, 0.25) is 5.75 Å². The first-order valence-corrected chi connectivity index (χ1v) is 7.30. The van der Waals surface area contributed by atoms with E-state index in [1.807, 2.05) is 6.92 Å². The van der Waals surface area contributed by atoms with Crippen molar-refractivity contribution in [1.29, 1.82) is 0 Å². The molecule has 0 radical (unpaired) electrons. The number of non-ortho nitro benzene ring substituents is 1. The standard InChI is InChI=1S/C16H12N2O7/c1-9-6-16(19)25-15-8-11(3-4-12(9)15)24-14-5-2-10(17(20)21)7-13(14)18(22)23/h2-5,7-9H,6H2,1H3. The number of rotatable bonds is 4. The van der Waals surface area contributed by atoms with E-state index < -0.39 is 21.2 Å². The van der Waals surface area contributed by atoms with Crippen molar-refractivity contribution >= 4 is 17.3 Å². The quantitative estimate of drug-likeness (QED) is 0.358. The molecule has 128 valence electrons. The van der Waals surface area contributed by atoms with Crippen LogP contribution in [-0.2, 0) is 4.79 Å². The van der Waals surface area contributed by atoms with Gasteiger partial charge in [-0.2, -0.15) is 0 Å². The predicted molar refractivity (Wildman–Crippen MR) is 84.9 cm³/mol. The van der Waals surface area contributed by atoms with Gasteiger partial charge in [-0.25, -0.2) is 0 Å². The predicted octanol–water partition coefficient (Wildman–Crippen LogP) is 3.71. The molecule has 1 heterocycles. The largest absolute Gasteiger partial charge is 0.450 e. The second kappa shape index (κ2) is 6.19. The van der Waals surface area contributed by atoms with Gasteiger partial charge >= 0.3 is 11.7 Å². The molecular formula is C16H12N2O7. The van der Waals surface area contributed by atoms with Crippen molar-refractivity contribution in [2.45, 2.75) is 19.3 Å². The lowest BCUT2D eigenvalue weighted by atomic mass is 9.95. The first-order valence-electron chi connectivity index (χ1n) is 7.30. The summed E-state index contributed by atoms with van der Waals surface area (Å²) in [6.07, 6.45) is 0.279. The molecule has 0 spiro atoms. The third kappa shape index (κ3) is 3.25. The Bertz CT molecular complexity index is 894. The number of nitrogens with zero attached hydrogens (tertiary/aromatic N) is 2. The van der Waals surface area contributed by atoms with Gasteiger partial charge < -0.3 is 9.47 Å². The van der Waals surface area contributed by atoms with Gasteiger partial charge in [0.15, 0.2) is 0 Å². The average molecular weight is 344 g/mol. The van der Waals surface area contributed by atoms with E-state index in [2.05, 4.69) is 0 Å². The van der Waals surface area contributed by atoms with Crippen molar-refractivity contribution in [1.82, 2.24) is 0 Å². The van der Waals surface area contributed by atoms with Crippen molar-refractivity contribution in [3.8, 4) is 17.2 Å². The Hall–Kier alpha value is -3.49. The van der Waals surface area contributed by atoms with Gasteiger partial charge in [0, 0.05) is 12.1 Å². The summed E-state index contributed by atoms with van der Waals surface area (Å²) < 4.78 is 10.7. The topological polar surface area (TPSA) is 122 Å². The highest BCUT2D eigenvalue weighted by Crippen LogP contribution is 2.39. The smallest absolute Gasteiger partial charge is 0.318 e. The molecule has 0 aliphatic carbocycles. The Morgan fingerprint density at radius 2 is 1.88 bits per heavy atom. The highest BCUT2D eigenvalue weighted by Gasteiger charge is 2.25. The molecule has 0 fully saturated rings. The maximum absolute atomic E-state index is 11.5. The first kappa shape index (κ1) is 16.4. The van der Waals surface area contributed by atoms with Crippen LogP contribution in [0.15, 0.2) is 36.4 Å². The van der Waals surface area contributed by atoms with Crippen molar-refractivity contribution < 1.29 is 24.1 Å². The highest BCUT2D eigenvalue weighted by molar-refractivity contribution is 5.76. The number of hydrogen-bond donors (Lipinski definition) is 0. The van der Waals surface area contributed by atoms with Crippen molar-refractivity contribution in [2.75, 3.05) is 0 Å². The summed E-state index contributed by atoms with van der Waals surface area (Å²) in [7, 11) is 0. The molecule has 3 rings (SSSR count). The molecule has 0 aromatic heterocycles. The molecule has 2 aromatic carbocycles.